The lowest BCUT2D eigenvalue weighted by Crippen LogP contribution is -2.36. The van der Waals surface area contributed by atoms with Crippen LogP contribution in [0.4, 0.5) is 23.7 Å². The maximum atomic E-state index is 13.0. The van der Waals surface area contributed by atoms with Crippen LogP contribution >= 0.6 is 11.8 Å². The number of imide groups is 1. The molecule has 0 unspecified atom stereocenters. The van der Waals surface area contributed by atoms with E-state index >= 15 is 0 Å². The summed E-state index contributed by atoms with van der Waals surface area (Å²) in [6.07, 6.45) is -1.53. The maximum absolute atomic E-state index is 13.0. The number of carbonyl (C=O) groups excluding carboxylic acids is 3. The van der Waals surface area contributed by atoms with Crippen LogP contribution in [0.15, 0.2) is 60.0 Å². The summed E-state index contributed by atoms with van der Waals surface area (Å²) in [5, 5.41) is 1.60. The average molecular weight is 492 g/mol. The zero-order valence-electron chi connectivity index (χ0n) is 17.8. The Labute approximate surface area is 197 Å². The van der Waals surface area contributed by atoms with Gasteiger partial charge in [0.2, 0.25) is 5.91 Å². The number of nitrogens with zero attached hydrogens (tertiary/aromatic N) is 1. The molecule has 0 saturated carbocycles. The van der Waals surface area contributed by atoms with Gasteiger partial charge in [-0.05, 0) is 53.7 Å². The van der Waals surface area contributed by atoms with Gasteiger partial charge in [-0.1, -0.05) is 24.8 Å². The summed E-state index contributed by atoms with van der Waals surface area (Å²) in [5.74, 6) is -0.944. The lowest BCUT2D eigenvalue weighted by molar-refractivity contribution is -0.137. The number of nitrogens with one attached hydrogen (secondary N) is 1. The van der Waals surface area contributed by atoms with Crippen LogP contribution in [0.3, 0.4) is 0 Å². The minimum Gasteiger partial charge on any atom is -0.495 e. The van der Waals surface area contributed by atoms with Gasteiger partial charge in [0.1, 0.15) is 24.7 Å². The Balaban J connectivity index is 1.70. The van der Waals surface area contributed by atoms with Crippen LogP contribution in [0, 0.1) is 0 Å². The fourth-order valence-electron chi connectivity index (χ4n) is 2.92. The van der Waals surface area contributed by atoms with Crippen LogP contribution < -0.4 is 14.8 Å². The largest absolute Gasteiger partial charge is 0.495 e. The molecule has 178 valence electrons. The van der Waals surface area contributed by atoms with Gasteiger partial charge in [0.25, 0.3) is 11.1 Å². The number of rotatable bonds is 8. The fraction of sp³-hybridized carbons (Fsp3) is 0.174. The average Bonchev–Trinajstić information content (AvgIpc) is 3.05. The van der Waals surface area contributed by atoms with Gasteiger partial charge in [0.15, 0.2) is 0 Å². The van der Waals surface area contributed by atoms with Crippen LogP contribution in [0.2, 0.25) is 0 Å². The molecule has 0 bridgehead atoms. The Hall–Kier alpha value is -3.73. The second kappa shape index (κ2) is 10.5. The molecule has 2 aromatic rings. The molecule has 1 aliphatic heterocycles. The molecule has 0 aromatic heterocycles. The lowest BCUT2D eigenvalue weighted by Gasteiger charge is -2.16. The minimum absolute atomic E-state index is 0.00379. The first-order valence-electron chi connectivity index (χ1n) is 9.76. The van der Waals surface area contributed by atoms with Crippen molar-refractivity contribution in [1.29, 1.82) is 0 Å². The molecule has 0 radical (unpaired) electrons. The highest BCUT2D eigenvalue weighted by Gasteiger charge is 2.36. The Morgan fingerprint density at radius 2 is 1.88 bits per heavy atom. The fourth-order valence-corrected chi connectivity index (χ4v) is 3.76. The van der Waals surface area contributed by atoms with E-state index in [0.717, 1.165) is 12.1 Å². The van der Waals surface area contributed by atoms with Crippen molar-refractivity contribution in [3.05, 3.63) is 71.2 Å². The van der Waals surface area contributed by atoms with Crippen LogP contribution in [0.25, 0.3) is 6.08 Å². The number of carbonyl (C=O) groups is 3. The Morgan fingerprint density at radius 1 is 1.18 bits per heavy atom. The van der Waals surface area contributed by atoms with E-state index in [1.54, 1.807) is 30.3 Å². The van der Waals surface area contributed by atoms with E-state index in [0.29, 0.717) is 40.6 Å². The quantitative estimate of drug-likeness (QED) is 0.415. The third-order valence-corrected chi connectivity index (χ3v) is 5.43. The molecule has 1 heterocycles. The van der Waals surface area contributed by atoms with Crippen LogP contribution in [-0.2, 0) is 15.8 Å². The molecule has 1 saturated heterocycles. The van der Waals surface area contributed by atoms with Crippen molar-refractivity contribution in [2.75, 3.05) is 25.6 Å². The molecular formula is C23H19F3N2O5S. The summed E-state index contributed by atoms with van der Waals surface area (Å²) in [6, 6.07) is 9.36. The molecule has 3 rings (SSSR count). The number of hydrogen-bond donors (Lipinski definition) is 1. The van der Waals surface area contributed by atoms with E-state index in [1.807, 2.05) is 0 Å². The number of halogens is 3. The number of benzene rings is 2. The molecule has 0 aliphatic carbocycles. The topological polar surface area (TPSA) is 84.9 Å². The number of alkyl halides is 3. The van der Waals surface area contributed by atoms with Crippen LogP contribution in [0.5, 0.6) is 11.5 Å². The SMILES string of the molecule is C=CCOc1ccc(/C=C2\SC(=O)N(CC(=O)Nc3cc(C(F)(F)F)ccc3OC)C2=O)cc1. The number of thioether (sulfide) groups is 1. The molecule has 1 fully saturated rings. The Morgan fingerprint density at radius 3 is 2.50 bits per heavy atom. The van der Waals surface area contributed by atoms with Gasteiger partial charge in [0.05, 0.1) is 23.3 Å². The standard InChI is InChI=1S/C23H19F3N2O5S/c1-3-10-33-16-7-4-14(5-8-16)11-19-21(30)28(22(31)34-19)13-20(29)27-17-12-15(23(24,25)26)6-9-18(17)32-2/h3-9,11-12H,1,10,13H2,2H3,(H,27,29)/b19-11-. The normalized spacial score (nSPS) is 14.9. The summed E-state index contributed by atoms with van der Waals surface area (Å²) in [6.45, 7) is 3.23. The van der Waals surface area contributed by atoms with Crippen molar-refractivity contribution in [3.63, 3.8) is 0 Å². The third-order valence-electron chi connectivity index (χ3n) is 4.52. The highest BCUT2D eigenvalue weighted by Crippen LogP contribution is 2.35. The van der Waals surface area contributed by atoms with Gasteiger partial charge in [-0.2, -0.15) is 13.2 Å². The molecular weight excluding hydrogens is 473 g/mol. The van der Waals surface area contributed by atoms with Gasteiger partial charge in [-0.15, -0.1) is 0 Å². The van der Waals surface area contributed by atoms with Crippen LogP contribution in [-0.4, -0.2) is 42.2 Å². The smallest absolute Gasteiger partial charge is 0.416 e. The Bertz CT molecular complexity index is 1150. The van der Waals surface area contributed by atoms with Crippen molar-refractivity contribution >= 4 is 40.6 Å². The van der Waals surface area contributed by atoms with E-state index < -0.39 is 35.3 Å². The second-order valence-corrected chi connectivity index (χ2v) is 7.89. The summed E-state index contributed by atoms with van der Waals surface area (Å²) in [7, 11) is 1.23. The summed E-state index contributed by atoms with van der Waals surface area (Å²) in [5.41, 5.74) is -0.586. The minimum atomic E-state index is -4.63. The van der Waals surface area contributed by atoms with Crippen molar-refractivity contribution < 1.29 is 37.0 Å². The molecule has 34 heavy (non-hydrogen) atoms. The van der Waals surface area contributed by atoms with Crippen LogP contribution in [0.1, 0.15) is 11.1 Å². The molecule has 1 N–H and O–H groups in total. The predicted molar refractivity (Wildman–Crippen MR) is 121 cm³/mol. The first kappa shape index (κ1) is 24.9. The monoisotopic (exact) mass is 492 g/mol. The second-order valence-electron chi connectivity index (χ2n) is 6.90. The number of ether oxygens (including phenoxy) is 2. The number of anilines is 1. The molecule has 1 aliphatic rings. The summed E-state index contributed by atoms with van der Waals surface area (Å²) in [4.78, 5) is 38.2. The van der Waals surface area contributed by atoms with Crippen molar-refractivity contribution in [1.82, 2.24) is 4.90 Å². The van der Waals surface area contributed by atoms with E-state index in [-0.39, 0.29) is 16.3 Å². The molecule has 0 atom stereocenters. The van der Waals surface area contributed by atoms with Crippen molar-refractivity contribution in [3.8, 4) is 11.5 Å². The highest BCUT2D eigenvalue weighted by molar-refractivity contribution is 8.18. The van der Waals surface area contributed by atoms with Gasteiger partial charge >= 0.3 is 6.18 Å². The first-order chi connectivity index (χ1) is 16.1. The summed E-state index contributed by atoms with van der Waals surface area (Å²) >= 11 is 0.657. The zero-order chi connectivity index (χ0) is 24.9. The molecule has 11 heteroatoms. The molecule has 7 nitrogen and oxygen atoms in total. The van der Waals surface area contributed by atoms with Gasteiger partial charge in [0, 0.05) is 0 Å². The number of amides is 3. The van der Waals surface area contributed by atoms with Gasteiger partial charge in [-0.3, -0.25) is 19.3 Å². The van der Waals surface area contributed by atoms with Crippen molar-refractivity contribution in [2.24, 2.45) is 0 Å². The first-order valence-corrected chi connectivity index (χ1v) is 10.6. The Kier molecular flexibility index (Phi) is 7.67. The predicted octanol–water partition coefficient (Wildman–Crippen LogP) is 4.95. The van der Waals surface area contributed by atoms with E-state index in [1.165, 1.54) is 13.2 Å². The maximum Gasteiger partial charge on any atom is 0.416 e. The van der Waals surface area contributed by atoms with Gasteiger partial charge < -0.3 is 14.8 Å². The van der Waals surface area contributed by atoms with Gasteiger partial charge in [-0.25, -0.2) is 0 Å². The van der Waals surface area contributed by atoms with E-state index in [4.69, 9.17) is 9.47 Å². The highest BCUT2D eigenvalue weighted by atomic mass is 32.2. The lowest BCUT2D eigenvalue weighted by atomic mass is 10.1. The molecule has 3 amide bonds. The molecule has 2 aromatic carbocycles. The zero-order valence-corrected chi connectivity index (χ0v) is 18.7. The van der Waals surface area contributed by atoms with E-state index in [2.05, 4.69) is 11.9 Å². The van der Waals surface area contributed by atoms with E-state index in [9.17, 15) is 27.6 Å². The number of methoxy groups -OCH3 is 1. The number of hydrogen-bond acceptors (Lipinski definition) is 6. The van der Waals surface area contributed by atoms with Crippen molar-refractivity contribution in [2.45, 2.75) is 6.18 Å². The third kappa shape index (κ3) is 5.98. The molecule has 0 spiro atoms. The summed E-state index contributed by atoms with van der Waals surface area (Å²) < 4.78 is 49.4.